The summed E-state index contributed by atoms with van der Waals surface area (Å²) in [5.74, 6) is 1.10. The molecule has 1 unspecified atom stereocenters. The van der Waals surface area contributed by atoms with Crippen molar-refractivity contribution < 1.29 is 9.53 Å². The zero-order chi connectivity index (χ0) is 13.7. The summed E-state index contributed by atoms with van der Waals surface area (Å²) < 4.78 is 5.46. The molecule has 0 radical (unpaired) electrons. The number of amides is 1. The largest absolute Gasteiger partial charge is 0.482 e. The molecule has 1 saturated heterocycles. The van der Waals surface area contributed by atoms with Gasteiger partial charge < -0.3 is 9.64 Å². The number of likely N-dealkylation sites (tertiary alicyclic amines) is 1. The van der Waals surface area contributed by atoms with Crippen LogP contribution >= 0.6 is 0 Å². The topological polar surface area (TPSA) is 53.3 Å². The number of ether oxygens (including phenoxy) is 1. The fraction of sp³-hybridized carbons (Fsp3) is 0.467. The Morgan fingerprint density at radius 2 is 2.32 bits per heavy atom. The van der Waals surface area contributed by atoms with Crippen LogP contribution in [0.3, 0.4) is 0 Å². The van der Waals surface area contributed by atoms with Crippen LogP contribution in [0.15, 0.2) is 24.3 Å². The average Bonchev–Trinajstić information content (AvgIpc) is 2.94. The van der Waals surface area contributed by atoms with E-state index in [2.05, 4.69) is 13.0 Å². The number of carbonyl (C=O) groups excluding carboxylic acids is 1. The zero-order valence-corrected chi connectivity index (χ0v) is 11.1. The van der Waals surface area contributed by atoms with E-state index in [-0.39, 0.29) is 12.5 Å². The summed E-state index contributed by atoms with van der Waals surface area (Å²) in [5.41, 5.74) is 0.461. The van der Waals surface area contributed by atoms with Gasteiger partial charge in [0.1, 0.15) is 11.8 Å². The second-order valence-electron chi connectivity index (χ2n) is 4.80. The van der Waals surface area contributed by atoms with E-state index < -0.39 is 0 Å². The Bertz CT molecular complexity index is 493. The monoisotopic (exact) mass is 258 g/mol. The minimum absolute atomic E-state index is 0.00342. The molecule has 4 heteroatoms. The van der Waals surface area contributed by atoms with E-state index >= 15 is 0 Å². The van der Waals surface area contributed by atoms with Crippen LogP contribution in [-0.2, 0) is 4.79 Å². The maximum Gasteiger partial charge on any atom is 0.260 e. The highest BCUT2D eigenvalue weighted by atomic mass is 16.5. The van der Waals surface area contributed by atoms with Gasteiger partial charge in [0.15, 0.2) is 6.61 Å². The number of carbonyl (C=O) groups is 1. The van der Waals surface area contributed by atoms with Crippen molar-refractivity contribution in [3.05, 3.63) is 29.8 Å². The Morgan fingerprint density at radius 1 is 1.53 bits per heavy atom. The molecular weight excluding hydrogens is 240 g/mol. The van der Waals surface area contributed by atoms with Crippen LogP contribution in [0.1, 0.15) is 25.3 Å². The molecule has 19 heavy (non-hydrogen) atoms. The van der Waals surface area contributed by atoms with Crippen LogP contribution in [0.2, 0.25) is 0 Å². The van der Waals surface area contributed by atoms with E-state index in [1.807, 2.05) is 4.90 Å². The lowest BCUT2D eigenvalue weighted by atomic mass is 10.1. The molecule has 4 nitrogen and oxygen atoms in total. The maximum absolute atomic E-state index is 12.0. The summed E-state index contributed by atoms with van der Waals surface area (Å²) in [5, 5.41) is 8.94. The molecule has 1 aliphatic heterocycles. The fourth-order valence-electron chi connectivity index (χ4n) is 2.31. The first-order valence-electron chi connectivity index (χ1n) is 6.64. The van der Waals surface area contributed by atoms with Crippen LogP contribution in [0, 0.1) is 17.2 Å². The molecule has 100 valence electrons. The molecule has 0 saturated carbocycles. The zero-order valence-electron chi connectivity index (χ0n) is 11.1. The third-order valence-electron chi connectivity index (χ3n) is 3.57. The van der Waals surface area contributed by atoms with E-state index in [9.17, 15) is 4.79 Å². The molecule has 1 heterocycles. The van der Waals surface area contributed by atoms with E-state index in [0.29, 0.717) is 17.2 Å². The number of hydrogen-bond acceptors (Lipinski definition) is 3. The molecule has 1 aromatic rings. The van der Waals surface area contributed by atoms with E-state index in [0.717, 1.165) is 25.9 Å². The van der Waals surface area contributed by atoms with Gasteiger partial charge in [-0.15, -0.1) is 0 Å². The van der Waals surface area contributed by atoms with Crippen molar-refractivity contribution in [2.24, 2.45) is 5.92 Å². The average molecular weight is 258 g/mol. The van der Waals surface area contributed by atoms with E-state index in [4.69, 9.17) is 10.00 Å². The quantitative estimate of drug-likeness (QED) is 0.832. The summed E-state index contributed by atoms with van der Waals surface area (Å²) in [6.45, 7) is 3.81. The molecule has 0 aliphatic carbocycles. The van der Waals surface area contributed by atoms with Crippen LogP contribution < -0.4 is 4.74 Å². The smallest absolute Gasteiger partial charge is 0.260 e. The number of benzene rings is 1. The van der Waals surface area contributed by atoms with Crippen LogP contribution in [0.5, 0.6) is 5.75 Å². The number of nitrogens with zero attached hydrogens (tertiary/aromatic N) is 2. The highest BCUT2D eigenvalue weighted by Gasteiger charge is 2.25. The van der Waals surface area contributed by atoms with Crippen molar-refractivity contribution in [2.75, 3.05) is 19.7 Å². The lowest BCUT2D eigenvalue weighted by Crippen LogP contribution is -2.33. The van der Waals surface area contributed by atoms with Gasteiger partial charge in [-0.3, -0.25) is 4.79 Å². The SMILES string of the molecule is CCC1CCN(C(=O)COc2ccccc2C#N)C1. The number of hydrogen-bond donors (Lipinski definition) is 0. The first-order chi connectivity index (χ1) is 9.24. The molecule has 0 N–H and O–H groups in total. The fourth-order valence-corrected chi connectivity index (χ4v) is 2.31. The van der Waals surface area contributed by atoms with Crippen molar-refractivity contribution in [3.63, 3.8) is 0 Å². The van der Waals surface area contributed by atoms with Crippen LogP contribution in [0.25, 0.3) is 0 Å². The molecule has 2 rings (SSSR count). The van der Waals surface area contributed by atoms with Gasteiger partial charge in [0.2, 0.25) is 0 Å². The normalized spacial score (nSPS) is 18.1. The van der Waals surface area contributed by atoms with Gasteiger partial charge in [-0.1, -0.05) is 25.5 Å². The Labute approximate surface area is 113 Å². The van der Waals surface area contributed by atoms with Gasteiger partial charge in [0.05, 0.1) is 5.56 Å². The highest BCUT2D eigenvalue weighted by Crippen LogP contribution is 2.20. The minimum Gasteiger partial charge on any atom is -0.482 e. The van der Waals surface area contributed by atoms with Gasteiger partial charge in [-0.2, -0.15) is 5.26 Å². The summed E-state index contributed by atoms with van der Waals surface area (Å²) >= 11 is 0. The van der Waals surface area contributed by atoms with Crippen molar-refractivity contribution in [1.29, 1.82) is 5.26 Å². The van der Waals surface area contributed by atoms with Crippen LogP contribution in [-0.4, -0.2) is 30.5 Å². The highest BCUT2D eigenvalue weighted by molar-refractivity contribution is 5.78. The Morgan fingerprint density at radius 3 is 3.00 bits per heavy atom. The summed E-state index contributed by atoms with van der Waals surface area (Å²) in [7, 11) is 0. The molecule has 1 aromatic carbocycles. The van der Waals surface area contributed by atoms with Crippen molar-refractivity contribution in [3.8, 4) is 11.8 Å². The van der Waals surface area contributed by atoms with Gasteiger partial charge in [-0.05, 0) is 24.5 Å². The first-order valence-corrected chi connectivity index (χ1v) is 6.64. The van der Waals surface area contributed by atoms with Gasteiger partial charge >= 0.3 is 0 Å². The molecule has 0 aromatic heterocycles. The van der Waals surface area contributed by atoms with Crippen LogP contribution in [0.4, 0.5) is 0 Å². The number of nitriles is 1. The molecular formula is C15H18N2O2. The number of para-hydroxylation sites is 1. The first kappa shape index (κ1) is 13.4. The van der Waals surface area contributed by atoms with Crippen molar-refractivity contribution in [1.82, 2.24) is 4.90 Å². The van der Waals surface area contributed by atoms with Gasteiger partial charge in [0, 0.05) is 13.1 Å². The lowest BCUT2D eigenvalue weighted by molar-refractivity contribution is -0.132. The Balaban J connectivity index is 1.89. The Hall–Kier alpha value is -2.02. The van der Waals surface area contributed by atoms with Gasteiger partial charge in [-0.25, -0.2) is 0 Å². The molecule has 1 fully saturated rings. The van der Waals surface area contributed by atoms with E-state index in [1.165, 1.54) is 0 Å². The van der Waals surface area contributed by atoms with Crippen molar-refractivity contribution >= 4 is 5.91 Å². The number of rotatable bonds is 4. The predicted octanol–water partition coefficient (Wildman–Crippen LogP) is 2.20. The molecule has 0 spiro atoms. The maximum atomic E-state index is 12.0. The molecule has 1 atom stereocenters. The third kappa shape index (κ3) is 3.25. The summed E-state index contributed by atoms with van der Waals surface area (Å²) in [6.07, 6.45) is 2.19. The standard InChI is InChI=1S/C15H18N2O2/c1-2-12-7-8-17(10-12)15(18)11-19-14-6-4-3-5-13(14)9-16/h3-6,12H,2,7-8,10-11H2,1H3. The third-order valence-corrected chi connectivity index (χ3v) is 3.57. The Kier molecular flexibility index (Phi) is 4.40. The predicted molar refractivity (Wildman–Crippen MR) is 71.6 cm³/mol. The van der Waals surface area contributed by atoms with E-state index in [1.54, 1.807) is 24.3 Å². The van der Waals surface area contributed by atoms with Gasteiger partial charge in [0.25, 0.3) is 5.91 Å². The second-order valence-corrected chi connectivity index (χ2v) is 4.80. The molecule has 1 aliphatic rings. The summed E-state index contributed by atoms with van der Waals surface area (Å²) in [4.78, 5) is 13.8. The minimum atomic E-state index is 0.00342. The molecule has 0 bridgehead atoms. The lowest BCUT2D eigenvalue weighted by Gasteiger charge is -2.16. The van der Waals surface area contributed by atoms with Crippen molar-refractivity contribution in [2.45, 2.75) is 19.8 Å². The molecule has 1 amide bonds. The second kappa shape index (κ2) is 6.24. The summed E-state index contributed by atoms with van der Waals surface area (Å²) in [6, 6.07) is 9.02.